The molecule has 2 amide bonds. The number of hydrogen-bond donors (Lipinski definition) is 1. The lowest BCUT2D eigenvalue weighted by atomic mass is 9.87. The highest BCUT2D eigenvalue weighted by atomic mass is 16.6. The number of amides is 2. The first kappa shape index (κ1) is 18.0. The van der Waals surface area contributed by atoms with Gasteiger partial charge in [0.05, 0.1) is 12.0 Å². The minimum atomic E-state index is -0.770. The SMILES string of the molecule is CC(C)[C@H]1CC(C)(C)OC(=O)N1C(=O)[C@H](C)[C@@H](O)C(C)C. The highest BCUT2D eigenvalue weighted by Gasteiger charge is 2.46. The molecule has 0 radical (unpaired) electrons. The maximum Gasteiger partial charge on any atom is 0.417 e. The van der Waals surface area contributed by atoms with E-state index in [0.717, 1.165) is 0 Å². The van der Waals surface area contributed by atoms with Crippen molar-refractivity contribution in [3.8, 4) is 0 Å². The minimum absolute atomic E-state index is 0.0429. The van der Waals surface area contributed by atoms with Crippen LogP contribution in [0.1, 0.15) is 54.9 Å². The van der Waals surface area contributed by atoms with Crippen LogP contribution < -0.4 is 0 Å². The maximum atomic E-state index is 12.6. The lowest BCUT2D eigenvalue weighted by Gasteiger charge is -2.44. The van der Waals surface area contributed by atoms with Crippen LogP contribution in [0.3, 0.4) is 0 Å². The molecule has 5 nitrogen and oxygen atoms in total. The maximum absolute atomic E-state index is 12.6. The van der Waals surface area contributed by atoms with Crippen LogP contribution in [0, 0.1) is 17.8 Å². The summed E-state index contributed by atoms with van der Waals surface area (Å²) in [5.41, 5.74) is -0.567. The standard InChI is InChI=1S/C16H29NO4/c1-9(2)12-8-16(6,7)21-15(20)17(12)14(19)11(5)13(18)10(3)4/h9-13,18H,8H2,1-7H3/t11-,12-,13+/m1/s1. The van der Waals surface area contributed by atoms with E-state index in [1.165, 1.54) is 4.90 Å². The molecule has 0 saturated carbocycles. The molecule has 1 rings (SSSR count). The lowest BCUT2D eigenvalue weighted by molar-refractivity contribution is -0.148. The van der Waals surface area contributed by atoms with Gasteiger partial charge in [0.1, 0.15) is 5.60 Å². The summed E-state index contributed by atoms with van der Waals surface area (Å²) in [4.78, 5) is 26.1. The molecule has 0 bridgehead atoms. The van der Waals surface area contributed by atoms with Crippen LogP contribution in [0.2, 0.25) is 0 Å². The van der Waals surface area contributed by atoms with Gasteiger partial charge in [-0.2, -0.15) is 0 Å². The Morgan fingerprint density at radius 2 is 1.81 bits per heavy atom. The summed E-state index contributed by atoms with van der Waals surface area (Å²) in [6.45, 7) is 13.1. The topological polar surface area (TPSA) is 66.8 Å². The average molecular weight is 299 g/mol. The van der Waals surface area contributed by atoms with E-state index in [0.29, 0.717) is 6.42 Å². The predicted molar refractivity (Wildman–Crippen MR) is 80.7 cm³/mol. The first-order valence-electron chi connectivity index (χ1n) is 7.72. The first-order chi connectivity index (χ1) is 9.48. The highest BCUT2D eigenvalue weighted by molar-refractivity contribution is 5.94. The quantitative estimate of drug-likeness (QED) is 0.867. The zero-order valence-electron chi connectivity index (χ0n) is 14.2. The Kier molecular flexibility index (Phi) is 5.42. The summed E-state index contributed by atoms with van der Waals surface area (Å²) >= 11 is 0. The van der Waals surface area contributed by atoms with Crippen molar-refractivity contribution in [1.82, 2.24) is 4.90 Å². The molecule has 0 aromatic rings. The molecule has 1 saturated heterocycles. The fourth-order valence-corrected chi connectivity index (χ4v) is 2.79. The monoisotopic (exact) mass is 299 g/mol. The Labute approximate surface area is 127 Å². The number of nitrogens with zero attached hydrogens (tertiary/aromatic N) is 1. The number of imide groups is 1. The summed E-state index contributed by atoms with van der Waals surface area (Å²) < 4.78 is 5.36. The molecule has 1 fully saturated rings. The fraction of sp³-hybridized carbons (Fsp3) is 0.875. The van der Waals surface area contributed by atoms with Crippen molar-refractivity contribution in [3.05, 3.63) is 0 Å². The van der Waals surface area contributed by atoms with Gasteiger partial charge in [-0.25, -0.2) is 9.69 Å². The third kappa shape index (κ3) is 3.96. The second-order valence-corrected chi connectivity index (χ2v) is 7.37. The van der Waals surface area contributed by atoms with Crippen LogP contribution in [0.25, 0.3) is 0 Å². The number of ether oxygens (including phenoxy) is 1. The molecule has 1 N–H and O–H groups in total. The Balaban J connectivity index is 3.02. The Bertz CT molecular complexity index is 403. The van der Waals surface area contributed by atoms with Gasteiger partial charge >= 0.3 is 6.09 Å². The van der Waals surface area contributed by atoms with Gasteiger partial charge in [0, 0.05) is 12.5 Å². The van der Waals surface area contributed by atoms with Gasteiger partial charge in [0.2, 0.25) is 5.91 Å². The van der Waals surface area contributed by atoms with Crippen LogP contribution >= 0.6 is 0 Å². The smallest absolute Gasteiger partial charge is 0.417 e. The Morgan fingerprint density at radius 3 is 2.24 bits per heavy atom. The third-order valence-electron chi connectivity index (χ3n) is 4.18. The van der Waals surface area contributed by atoms with Crippen LogP contribution in [0.5, 0.6) is 0 Å². The van der Waals surface area contributed by atoms with Crippen molar-refractivity contribution in [1.29, 1.82) is 0 Å². The third-order valence-corrected chi connectivity index (χ3v) is 4.18. The molecular formula is C16H29NO4. The van der Waals surface area contributed by atoms with Gasteiger partial charge in [-0.15, -0.1) is 0 Å². The molecule has 3 atom stereocenters. The minimum Gasteiger partial charge on any atom is -0.443 e. The molecule has 0 aromatic carbocycles. The number of carbonyl (C=O) groups excluding carboxylic acids is 2. The van der Waals surface area contributed by atoms with E-state index in [1.807, 2.05) is 41.5 Å². The summed E-state index contributed by atoms with van der Waals surface area (Å²) in [7, 11) is 0. The molecule has 1 aliphatic heterocycles. The van der Waals surface area contributed by atoms with E-state index in [-0.39, 0.29) is 23.8 Å². The molecule has 122 valence electrons. The van der Waals surface area contributed by atoms with E-state index in [2.05, 4.69) is 0 Å². The number of aliphatic hydroxyl groups excluding tert-OH is 1. The number of rotatable bonds is 4. The van der Waals surface area contributed by atoms with E-state index in [1.54, 1.807) is 6.92 Å². The number of hydrogen-bond acceptors (Lipinski definition) is 4. The molecule has 0 spiro atoms. The van der Waals surface area contributed by atoms with Gasteiger partial charge in [-0.05, 0) is 25.7 Å². The van der Waals surface area contributed by atoms with Gasteiger partial charge in [0.15, 0.2) is 0 Å². The largest absolute Gasteiger partial charge is 0.443 e. The first-order valence-corrected chi connectivity index (χ1v) is 7.72. The van der Waals surface area contributed by atoms with E-state index in [4.69, 9.17) is 4.74 Å². The summed E-state index contributed by atoms with van der Waals surface area (Å²) in [5, 5.41) is 10.1. The Hall–Kier alpha value is -1.10. The van der Waals surface area contributed by atoms with Crippen molar-refractivity contribution >= 4 is 12.0 Å². The second kappa shape index (κ2) is 6.34. The van der Waals surface area contributed by atoms with E-state index in [9.17, 15) is 14.7 Å². The van der Waals surface area contributed by atoms with Crippen LogP contribution in [0.4, 0.5) is 4.79 Å². The number of aliphatic hydroxyl groups is 1. The zero-order chi connectivity index (χ0) is 16.5. The van der Waals surface area contributed by atoms with Crippen LogP contribution in [-0.2, 0) is 9.53 Å². The molecule has 21 heavy (non-hydrogen) atoms. The normalized spacial score (nSPS) is 25.0. The molecule has 1 heterocycles. The van der Waals surface area contributed by atoms with Crippen LogP contribution in [-0.4, -0.2) is 39.8 Å². The summed E-state index contributed by atoms with van der Waals surface area (Å²) in [6, 6.07) is -0.199. The van der Waals surface area contributed by atoms with E-state index < -0.39 is 23.7 Å². The second-order valence-electron chi connectivity index (χ2n) is 7.37. The van der Waals surface area contributed by atoms with E-state index >= 15 is 0 Å². The zero-order valence-corrected chi connectivity index (χ0v) is 14.2. The molecule has 0 aromatic heterocycles. The summed E-state index contributed by atoms with van der Waals surface area (Å²) in [5.74, 6) is -0.876. The summed E-state index contributed by atoms with van der Waals surface area (Å²) in [6.07, 6.45) is -0.766. The van der Waals surface area contributed by atoms with Crippen molar-refractivity contribution < 1.29 is 19.4 Å². The number of cyclic esters (lactones) is 1. The molecule has 0 aliphatic carbocycles. The van der Waals surface area contributed by atoms with Gasteiger partial charge < -0.3 is 9.84 Å². The molecular weight excluding hydrogens is 270 g/mol. The van der Waals surface area contributed by atoms with Gasteiger partial charge in [0.25, 0.3) is 0 Å². The highest BCUT2D eigenvalue weighted by Crippen LogP contribution is 2.32. The Morgan fingerprint density at radius 1 is 1.29 bits per heavy atom. The molecule has 1 aliphatic rings. The van der Waals surface area contributed by atoms with Crippen molar-refractivity contribution in [2.75, 3.05) is 0 Å². The fourth-order valence-electron chi connectivity index (χ4n) is 2.79. The molecule has 0 unspecified atom stereocenters. The van der Waals surface area contributed by atoms with Crippen LogP contribution in [0.15, 0.2) is 0 Å². The lowest BCUT2D eigenvalue weighted by Crippen LogP contribution is -2.58. The van der Waals surface area contributed by atoms with Gasteiger partial charge in [-0.1, -0.05) is 34.6 Å². The van der Waals surface area contributed by atoms with Gasteiger partial charge in [-0.3, -0.25) is 4.79 Å². The van der Waals surface area contributed by atoms with Crippen molar-refractivity contribution in [2.24, 2.45) is 17.8 Å². The molecule has 5 heteroatoms. The average Bonchev–Trinajstić information content (AvgIpc) is 2.33. The number of carbonyl (C=O) groups is 2. The van der Waals surface area contributed by atoms with Crippen molar-refractivity contribution in [3.63, 3.8) is 0 Å². The predicted octanol–water partition coefficient (Wildman–Crippen LogP) is 2.81. The van der Waals surface area contributed by atoms with Crippen molar-refractivity contribution in [2.45, 2.75) is 72.6 Å².